The first-order valence-electron chi connectivity index (χ1n) is 7.93. The van der Waals surface area contributed by atoms with Gasteiger partial charge in [-0.3, -0.25) is 4.31 Å². The normalized spacial score (nSPS) is 19.0. The van der Waals surface area contributed by atoms with E-state index in [9.17, 15) is 16.8 Å². The van der Waals surface area contributed by atoms with Gasteiger partial charge in [-0.05, 0) is 42.3 Å². The number of hydrogen-bond acceptors (Lipinski definition) is 4. The molecular weight excluding hydrogens is 358 g/mol. The van der Waals surface area contributed by atoms with Crippen LogP contribution in [0.4, 0.5) is 5.69 Å². The minimum Gasteiger partial charge on any atom is -0.258 e. The molecule has 0 aliphatic carbocycles. The zero-order chi connectivity index (χ0) is 18.1. The van der Waals surface area contributed by atoms with Gasteiger partial charge >= 0.3 is 0 Å². The summed E-state index contributed by atoms with van der Waals surface area (Å²) >= 11 is 0. The molecule has 2 aromatic rings. The zero-order valence-electron chi connectivity index (χ0n) is 13.7. The Labute approximate surface area is 148 Å². The average molecular weight is 377 g/mol. The average Bonchev–Trinajstić information content (AvgIpc) is 2.95. The first kappa shape index (κ1) is 17.7. The fraction of sp³-hybridized carbons (Fsp3) is 0.222. The summed E-state index contributed by atoms with van der Waals surface area (Å²) < 4.78 is 51.2. The Morgan fingerprint density at radius 2 is 1.68 bits per heavy atom. The molecule has 1 aliphatic rings. The summed E-state index contributed by atoms with van der Waals surface area (Å²) in [6.45, 7) is 2.01. The molecule has 1 heterocycles. The van der Waals surface area contributed by atoms with E-state index >= 15 is 0 Å². The van der Waals surface area contributed by atoms with Gasteiger partial charge in [0.25, 0.3) is 10.0 Å². The number of rotatable bonds is 5. The molecule has 0 N–H and O–H groups in total. The highest BCUT2D eigenvalue weighted by atomic mass is 32.2. The molecule has 0 saturated heterocycles. The lowest BCUT2D eigenvalue weighted by atomic mass is 10.1. The van der Waals surface area contributed by atoms with Crippen molar-refractivity contribution >= 4 is 25.5 Å². The lowest BCUT2D eigenvalue weighted by molar-refractivity contribution is 0.586. The number of anilines is 1. The summed E-state index contributed by atoms with van der Waals surface area (Å²) in [5.41, 5.74) is 1.53. The maximum absolute atomic E-state index is 13.2. The van der Waals surface area contributed by atoms with Crippen molar-refractivity contribution < 1.29 is 16.8 Å². The smallest absolute Gasteiger partial charge is 0.258 e. The molecule has 2 aromatic carbocycles. The molecule has 3 rings (SSSR count). The Bertz CT molecular complexity index is 979. The Balaban J connectivity index is 2.10. The monoisotopic (exact) mass is 377 g/mol. The molecule has 0 spiro atoms. The van der Waals surface area contributed by atoms with E-state index in [0.717, 1.165) is 17.4 Å². The van der Waals surface area contributed by atoms with E-state index < -0.39 is 25.9 Å². The van der Waals surface area contributed by atoms with Gasteiger partial charge in [0, 0.05) is 5.41 Å². The second-order valence-electron chi connectivity index (χ2n) is 5.86. The Kier molecular flexibility index (Phi) is 4.71. The largest absolute Gasteiger partial charge is 0.264 e. The van der Waals surface area contributed by atoms with Gasteiger partial charge in [0.05, 0.1) is 22.4 Å². The lowest BCUT2D eigenvalue weighted by Crippen LogP contribution is -2.41. The molecule has 0 unspecified atom stereocenters. The van der Waals surface area contributed by atoms with Crippen LogP contribution in [0.2, 0.25) is 0 Å². The van der Waals surface area contributed by atoms with Crippen LogP contribution in [0.25, 0.3) is 0 Å². The topological polar surface area (TPSA) is 71.5 Å². The first-order chi connectivity index (χ1) is 11.8. The molecule has 25 heavy (non-hydrogen) atoms. The molecule has 1 aliphatic heterocycles. The summed E-state index contributed by atoms with van der Waals surface area (Å²) in [4.78, 5) is 0.132. The maximum atomic E-state index is 13.2. The zero-order valence-corrected chi connectivity index (χ0v) is 15.4. The van der Waals surface area contributed by atoms with E-state index in [-0.39, 0.29) is 10.6 Å². The van der Waals surface area contributed by atoms with Crippen molar-refractivity contribution in [2.24, 2.45) is 0 Å². The van der Waals surface area contributed by atoms with E-state index in [1.807, 2.05) is 19.1 Å². The van der Waals surface area contributed by atoms with E-state index in [0.29, 0.717) is 5.69 Å². The number of hydrogen-bond donors (Lipinski definition) is 0. The van der Waals surface area contributed by atoms with E-state index in [1.54, 1.807) is 30.3 Å². The van der Waals surface area contributed by atoms with Crippen molar-refractivity contribution in [3.63, 3.8) is 0 Å². The Morgan fingerprint density at radius 1 is 1.04 bits per heavy atom. The number of aryl methyl sites for hydroxylation is 1. The third-order valence-corrected chi connectivity index (χ3v) is 7.36. The molecule has 0 aromatic heterocycles. The van der Waals surface area contributed by atoms with Crippen LogP contribution < -0.4 is 4.31 Å². The van der Waals surface area contributed by atoms with E-state index in [2.05, 4.69) is 0 Å². The number of sulfone groups is 1. The number of sulfonamides is 1. The van der Waals surface area contributed by atoms with Crippen LogP contribution >= 0.6 is 0 Å². The molecule has 0 bridgehead atoms. The lowest BCUT2D eigenvalue weighted by Gasteiger charge is -2.29. The van der Waals surface area contributed by atoms with E-state index in [1.165, 1.54) is 22.5 Å². The number of nitrogens with zero attached hydrogens (tertiary/aromatic N) is 1. The summed E-state index contributed by atoms with van der Waals surface area (Å²) in [7, 11) is -7.28. The van der Waals surface area contributed by atoms with Gasteiger partial charge in [-0.15, -0.1) is 0 Å². The summed E-state index contributed by atoms with van der Waals surface area (Å²) in [6.07, 6.45) is 2.27. The molecule has 132 valence electrons. The predicted octanol–water partition coefficient (Wildman–Crippen LogP) is 2.76. The van der Waals surface area contributed by atoms with Crippen molar-refractivity contribution in [2.45, 2.75) is 24.3 Å². The number of benzene rings is 2. The van der Waals surface area contributed by atoms with Gasteiger partial charge in [0.2, 0.25) is 0 Å². The SMILES string of the molecule is CCc1ccc(N([C@@H]2C=CS(=O)(=O)C2)S(=O)(=O)c2ccccc2)cc1. The second kappa shape index (κ2) is 6.65. The standard InChI is InChI=1S/C18H19NO4S2/c1-2-15-8-10-16(11-9-15)19(17-12-13-24(20,21)14-17)25(22,23)18-6-4-3-5-7-18/h3-13,17H,2,14H2,1H3/t17-/m1/s1. The highest BCUT2D eigenvalue weighted by Gasteiger charge is 2.35. The summed E-state index contributed by atoms with van der Waals surface area (Å²) in [6, 6.07) is 14.4. The Hall–Kier alpha value is -2.12. The van der Waals surface area contributed by atoms with Gasteiger partial charge in [0.1, 0.15) is 0 Å². The Morgan fingerprint density at radius 3 is 2.20 bits per heavy atom. The van der Waals surface area contributed by atoms with Crippen LogP contribution in [0, 0.1) is 0 Å². The van der Waals surface area contributed by atoms with Crippen molar-refractivity contribution in [3.05, 3.63) is 71.6 Å². The molecule has 0 saturated carbocycles. The van der Waals surface area contributed by atoms with E-state index in [4.69, 9.17) is 0 Å². The molecule has 0 radical (unpaired) electrons. The second-order valence-corrected chi connectivity index (χ2v) is 9.61. The predicted molar refractivity (Wildman–Crippen MR) is 98.6 cm³/mol. The maximum Gasteiger partial charge on any atom is 0.264 e. The van der Waals surface area contributed by atoms with Crippen LogP contribution in [-0.4, -0.2) is 28.6 Å². The third-order valence-electron chi connectivity index (χ3n) is 4.11. The minimum absolute atomic E-state index is 0.132. The fourth-order valence-electron chi connectivity index (χ4n) is 2.80. The van der Waals surface area contributed by atoms with Gasteiger partial charge in [-0.1, -0.05) is 37.3 Å². The van der Waals surface area contributed by atoms with Gasteiger partial charge in [-0.2, -0.15) is 0 Å². The van der Waals surface area contributed by atoms with Crippen molar-refractivity contribution in [1.82, 2.24) is 0 Å². The highest BCUT2D eigenvalue weighted by Crippen LogP contribution is 2.29. The first-order valence-corrected chi connectivity index (χ1v) is 11.1. The van der Waals surface area contributed by atoms with Crippen LogP contribution in [0.3, 0.4) is 0 Å². The van der Waals surface area contributed by atoms with Gasteiger partial charge in [-0.25, -0.2) is 16.8 Å². The third kappa shape index (κ3) is 3.62. The summed E-state index contributed by atoms with van der Waals surface area (Å²) in [5.74, 6) is -0.255. The van der Waals surface area contributed by atoms with Crippen LogP contribution in [0.5, 0.6) is 0 Å². The molecule has 0 amide bonds. The minimum atomic E-state index is -3.89. The van der Waals surface area contributed by atoms with Crippen LogP contribution in [0.1, 0.15) is 12.5 Å². The van der Waals surface area contributed by atoms with Gasteiger partial charge < -0.3 is 0 Å². The van der Waals surface area contributed by atoms with Crippen molar-refractivity contribution in [1.29, 1.82) is 0 Å². The van der Waals surface area contributed by atoms with Gasteiger partial charge in [0.15, 0.2) is 9.84 Å². The molecular formula is C18H19NO4S2. The molecule has 1 atom stereocenters. The molecule has 0 fully saturated rings. The fourth-order valence-corrected chi connectivity index (χ4v) is 5.79. The quantitative estimate of drug-likeness (QED) is 0.803. The highest BCUT2D eigenvalue weighted by molar-refractivity contribution is 7.95. The summed E-state index contributed by atoms with van der Waals surface area (Å²) in [5, 5.41) is 1.09. The van der Waals surface area contributed by atoms with Crippen LogP contribution in [0.15, 0.2) is 71.0 Å². The van der Waals surface area contributed by atoms with Crippen molar-refractivity contribution in [3.8, 4) is 0 Å². The van der Waals surface area contributed by atoms with Crippen molar-refractivity contribution in [2.75, 3.05) is 10.1 Å². The van der Waals surface area contributed by atoms with Crippen LogP contribution in [-0.2, 0) is 26.3 Å². The molecule has 5 nitrogen and oxygen atoms in total. The molecule has 7 heteroatoms.